The van der Waals surface area contributed by atoms with E-state index in [2.05, 4.69) is 45.4 Å². The lowest BCUT2D eigenvalue weighted by Crippen LogP contribution is -2.57. The molecule has 1 aromatic rings. The average molecular weight is 375 g/mol. The Morgan fingerprint density at radius 2 is 1.78 bits per heavy atom. The number of likely N-dealkylation sites (tertiary alicyclic amines) is 2. The normalized spacial score (nSPS) is 25.4. The van der Waals surface area contributed by atoms with Crippen LogP contribution < -0.4 is 5.32 Å². The van der Waals surface area contributed by atoms with Crippen molar-refractivity contribution < 1.29 is 9.90 Å². The molecule has 0 radical (unpaired) electrons. The highest BCUT2D eigenvalue weighted by molar-refractivity contribution is 5.77. The van der Waals surface area contributed by atoms with Gasteiger partial charge >= 0.3 is 0 Å². The number of nitrogens with one attached hydrogen (secondary N) is 1. The molecule has 2 heterocycles. The predicted molar refractivity (Wildman–Crippen MR) is 107 cm³/mol. The van der Waals surface area contributed by atoms with Crippen LogP contribution in [0.15, 0.2) is 30.3 Å². The number of carbonyl (C=O) groups excluding carboxylic acids is 1. The lowest BCUT2D eigenvalue weighted by molar-refractivity contribution is -0.130. The molecule has 0 saturated carbocycles. The van der Waals surface area contributed by atoms with Crippen LogP contribution in [0, 0.1) is 0 Å². The van der Waals surface area contributed by atoms with Crippen molar-refractivity contribution in [2.75, 3.05) is 46.8 Å². The third-order valence-corrected chi connectivity index (χ3v) is 5.81. The van der Waals surface area contributed by atoms with Crippen LogP contribution in [0.5, 0.6) is 0 Å². The molecule has 0 spiro atoms. The van der Waals surface area contributed by atoms with E-state index in [0.717, 1.165) is 45.4 Å². The van der Waals surface area contributed by atoms with E-state index >= 15 is 0 Å². The first-order valence-electron chi connectivity index (χ1n) is 10.1. The Hall–Kier alpha value is -1.47. The van der Waals surface area contributed by atoms with Crippen molar-refractivity contribution in [1.29, 1.82) is 0 Å². The van der Waals surface area contributed by atoms with Gasteiger partial charge in [0.25, 0.3) is 0 Å². The number of nitrogens with zero attached hydrogens (tertiary/aromatic N) is 3. The second-order valence-electron chi connectivity index (χ2n) is 8.19. The maximum absolute atomic E-state index is 11.9. The highest BCUT2D eigenvalue weighted by atomic mass is 16.3. The number of benzene rings is 1. The summed E-state index contributed by atoms with van der Waals surface area (Å²) < 4.78 is 0. The van der Waals surface area contributed by atoms with Crippen LogP contribution in [0.2, 0.25) is 0 Å². The van der Waals surface area contributed by atoms with Crippen molar-refractivity contribution in [1.82, 2.24) is 20.0 Å². The van der Waals surface area contributed by atoms with Crippen molar-refractivity contribution >= 4 is 5.91 Å². The summed E-state index contributed by atoms with van der Waals surface area (Å²) in [5.74, 6) is 0.0967. The van der Waals surface area contributed by atoms with Gasteiger partial charge in [0, 0.05) is 45.8 Å². The van der Waals surface area contributed by atoms with E-state index in [1.54, 1.807) is 19.0 Å². The summed E-state index contributed by atoms with van der Waals surface area (Å²) in [5.41, 5.74) is 1.37. The van der Waals surface area contributed by atoms with Gasteiger partial charge in [0.15, 0.2) is 0 Å². The maximum Gasteiger partial charge on any atom is 0.236 e. The predicted octanol–water partition coefficient (Wildman–Crippen LogP) is 0.764. The summed E-state index contributed by atoms with van der Waals surface area (Å²) >= 11 is 0. The van der Waals surface area contributed by atoms with Crippen molar-refractivity contribution in [3.05, 3.63) is 35.9 Å². The fourth-order valence-corrected chi connectivity index (χ4v) is 4.07. The first kappa shape index (κ1) is 20.3. The third-order valence-electron chi connectivity index (χ3n) is 5.81. The molecular weight excluding hydrogens is 340 g/mol. The fraction of sp³-hybridized carbons (Fsp3) is 0.667. The average Bonchev–Trinajstić information content (AvgIpc) is 2.66. The van der Waals surface area contributed by atoms with E-state index in [9.17, 15) is 9.90 Å². The minimum atomic E-state index is -0.406. The van der Waals surface area contributed by atoms with Crippen molar-refractivity contribution in [2.24, 2.45) is 0 Å². The van der Waals surface area contributed by atoms with Crippen LogP contribution in [0.25, 0.3) is 0 Å². The maximum atomic E-state index is 11.9. The lowest BCUT2D eigenvalue weighted by atomic mass is 9.97. The second kappa shape index (κ2) is 9.64. The van der Waals surface area contributed by atoms with Crippen LogP contribution in [0.3, 0.4) is 0 Å². The van der Waals surface area contributed by atoms with Gasteiger partial charge in [-0.3, -0.25) is 14.6 Å². The summed E-state index contributed by atoms with van der Waals surface area (Å²) in [7, 11) is 3.55. The Bertz CT molecular complexity index is 587. The molecule has 6 nitrogen and oxygen atoms in total. The van der Waals surface area contributed by atoms with Crippen LogP contribution in [-0.2, 0) is 11.3 Å². The zero-order valence-corrected chi connectivity index (χ0v) is 16.7. The third kappa shape index (κ3) is 6.01. The topological polar surface area (TPSA) is 59.1 Å². The molecular formula is C21H34N4O2. The number of likely N-dealkylation sites (N-methyl/N-ethyl adjacent to an activating group) is 1. The van der Waals surface area contributed by atoms with E-state index in [0.29, 0.717) is 19.1 Å². The number of amides is 1. The van der Waals surface area contributed by atoms with Gasteiger partial charge in [0.1, 0.15) is 0 Å². The number of hydrogen-bond acceptors (Lipinski definition) is 5. The number of carbonyl (C=O) groups is 1. The molecule has 2 aliphatic rings. The molecule has 2 fully saturated rings. The minimum absolute atomic E-state index is 0.0967. The Morgan fingerprint density at radius 1 is 1.11 bits per heavy atom. The SMILES string of the molecule is CN(C)C(=O)CN1CCC(NC2CCN(Cc3ccccc3)CC2)C(O)C1. The molecule has 0 aliphatic carbocycles. The van der Waals surface area contributed by atoms with Gasteiger partial charge in [-0.25, -0.2) is 0 Å². The van der Waals surface area contributed by atoms with Crippen molar-refractivity contribution in [3.63, 3.8) is 0 Å². The first-order valence-corrected chi connectivity index (χ1v) is 10.1. The van der Waals surface area contributed by atoms with Gasteiger partial charge < -0.3 is 15.3 Å². The second-order valence-corrected chi connectivity index (χ2v) is 8.19. The Morgan fingerprint density at radius 3 is 2.41 bits per heavy atom. The number of aliphatic hydroxyl groups excluding tert-OH is 1. The fourth-order valence-electron chi connectivity index (χ4n) is 4.07. The number of rotatable bonds is 6. The Labute approximate surface area is 163 Å². The van der Waals surface area contributed by atoms with Crippen LogP contribution in [0.1, 0.15) is 24.8 Å². The molecule has 1 aromatic carbocycles. The molecule has 150 valence electrons. The molecule has 2 atom stereocenters. The molecule has 2 unspecified atom stereocenters. The largest absolute Gasteiger partial charge is 0.390 e. The van der Waals surface area contributed by atoms with Crippen molar-refractivity contribution in [2.45, 2.75) is 44.0 Å². The summed E-state index contributed by atoms with van der Waals surface area (Å²) in [6.07, 6.45) is 2.74. The molecule has 1 amide bonds. The number of piperidine rings is 2. The smallest absolute Gasteiger partial charge is 0.236 e. The summed E-state index contributed by atoms with van der Waals surface area (Å²) in [4.78, 5) is 18.0. The molecule has 27 heavy (non-hydrogen) atoms. The molecule has 0 aromatic heterocycles. The van der Waals surface area contributed by atoms with E-state index in [-0.39, 0.29) is 11.9 Å². The lowest BCUT2D eigenvalue weighted by Gasteiger charge is -2.40. The van der Waals surface area contributed by atoms with Crippen LogP contribution >= 0.6 is 0 Å². The monoisotopic (exact) mass is 374 g/mol. The number of β-amino-alcohol motifs (C(OH)–C–C–N with tert-alkyl or cyclic N) is 1. The van der Waals surface area contributed by atoms with Crippen LogP contribution in [0.4, 0.5) is 0 Å². The molecule has 0 bridgehead atoms. The zero-order valence-electron chi connectivity index (χ0n) is 16.7. The molecule has 2 saturated heterocycles. The van der Waals surface area contributed by atoms with E-state index in [1.165, 1.54) is 5.56 Å². The van der Waals surface area contributed by atoms with Gasteiger partial charge in [-0.1, -0.05) is 30.3 Å². The molecule has 2 N–H and O–H groups in total. The van der Waals surface area contributed by atoms with E-state index < -0.39 is 6.10 Å². The van der Waals surface area contributed by atoms with Gasteiger partial charge in [0.05, 0.1) is 12.6 Å². The van der Waals surface area contributed by atoms with Crippen LogP contribution in [-0.4, -0.2) is 90.7 Å². The van der Waals surface area contributed by atoms with Gasteiger partial charge in [0.2, 0.25) is 5.91 Å². The first-order chi connectivity index (χ1) is 13.0. The van der Waals surface area contributed by atoms with E-state index in [4.69, 9.17) is 0 Å². The van der Waals surface area contributed by atoms with E-state index in [1.807, 2.05) is 0 Å². The molecule has 6 heteroatoms. The number of aliphatic hydroxyl groups is 1. The number of hydrogen-bond donors (Lipinski definition) is 2. The quantitative estimate of drug-likeness (QED) is 0.770. The molecule has 2 aliphatic heterocycles. The highest BCUT2D eigenvalue weighted by Gasteiger charge is 2.31. The standard InChI is InChI=1S/C21H34N4O2/c1-23(2)21(27)16-25-13-10-19(20(26)15-25)22-18-8-11-24(12-9-18)14-17-6-4-3-5-7-17/h3-7,18-20,22,26H,8-16H2,1-2H3. The summed E-state index contributed by atoms with van der Waals surface area (Å²) in [6, 6.07) is 11.3. The minimum Gasteiger partial charge on any atom is -0.390 e. The Balaban J connectivity index is 1.38. The summed E-state index contributed by atoms with van der Waals surface area (Å²) in [6.45, 7) is 5.05. The zero-order chi connectivity index (χ0) is 19.2. The van der Waals surface area contributed by atoms with Gasteiger partial charge in [-0.05, 0) is 37.9 Å². The summed E-state index contributed by atoms with van der Waals surface area (Å²) in [5, 5.41) is 14.2. The molecule has 3 rings (SSSR count). The Kier molecular flexibility index (Phi) is 7.24. The van der Waals surface area contributed by atoms with Crippen molar-refractivity contribution in [3.8, 4) is 0 Å². The van der Waals surface area contributed by atoms with Gasteiger partial charge in [-0.2, -0.15) is 0 Å². The van der Waals surface area contributed by atoms with Gasteiger partial charge in [-0.15, -0.1) is 0 Å². The highest BCUT2D eigenvalue weighted by Crippen LogP contribution is 2.18.